The number of rotatable bonds is 3. The van der Waals surface area contributed by atoms with Gasteiger partial charge < -0.3 is 9.32 Å². The van der Waals surface area contributed by atoms with Crippen LogP contribution >= 0.6 is 22.9 Å². The Morgan fingerprint density at radius 1 is 1.21 bits per heavy atom. The van der Waals surface area contributed by atoms with Gasteiger partial charge in [0, 0.05) is 30.1 Å². The number of likely N-dealkylation sites (tertiary alicyclic amines) is 1. The van der Waals surface area contributed by atoms with Crippen LogP contribution in [-0.2, 0) is 11.3 Å². The fourth-order valence-corrected chi connectivity index (χ4v) is 5.16. The van der Waals surface area contributed by atoms with Gasteiger partial charge in [-0.2, -0.15) is 0 Å². The minimum Gasteiger partial charge on any atom is -0.408 e. The molecular weight excluding hydrogens is 410 g/mol. The van der Waals surface area contributed by atoms with E-state index in [1.54, 1.807) is 29.5 Å². The van der Waals surface area contributed by atoms with Crippen molar-refractivity contribution < 1.29 is 9.21 Å². The van der Waals surface area contributed by atoms with Gasteiger partial charge in [-0.25, -0.2) is 9.78 Å². The van der Waals surface area contributed by atoms with Crippen molar-refractivity contribution >= 4 is 50.2 Å². The number of thiazole rings is 1. The average Bonchev–Trinajstić information content (AvgIpc) is 3.29. The van der Waals surface area contributed by atoms with Gasteiger partial charge in [0.05, 0.1) is 20.7 Å². The third kappa shape index (κ3) is 3.45. The number of carbonyl (C=O) groups excluding carboxylic acids is 1. The van der Waals surface area contributed by atoms with E-state index in [-0.39, 0.29) is 12.5 Å². The van der Waals surface area contributed by atoms with Gasteiger partial charge in [-0.1, -0.05) is 23.7 Å². The number of para-hydroxylation sites is 1. The first-order valence-electron chi connectivity index (χ1n) is 9.50. The van der Waals surface area contributed by atoms with Gasteiger partial charge in [0.25, 0.3) is 0 Å². The SMILES string of the molecule is O=C(Cn1c(=O)oc2cc(Cl)ccc21)N1CCC(c2nc3ccccc3s2)CC1. The molecule has 0 saturated carbocycles. The third-order valence-electron chi connectivity index (χ3n) is 5.43. The summed E-state index contributed by atoms with van der Waals surface area (Å²) >= 11 is 7.69. The monoisotopic (exact) mass is 427 g/mol. The zero-order valence-corrected chi connectivity index (χ0v) is 17.1. The lowest BCUT2D eigenvalue weighted by molar-refractivity contribution is -0.132. The van der Waals surface area contributed by atoms with Crippen LogP contribution in [0.1, 0.15) is 23.8 Å². The first kappa shape index (κ1) is 18.4. The number of piperidine rings is 1. The maximum absolute atomic E-state index is 12.8. The summed E-state index contributed by atoms with van der Waals surface area (Å²) in [6, 6.07) is 13.1. The molecule has 0 radical (unpaired) electrons. The van der Waals surface area contributed by atoms with Gasteiger partial charge >= 0.3 is 5.76 Å². The average molecular weight is 428 g/mol. The summed E-state index contributed by atoms with van der Waals surface area (Å²) in [5.41, 5.74) is 2.01. The summed E-state index contributed by atoms with van der Waals surface area (Å²) in [5.74, 6) is -0.247. The van der Waals surface area contributed by atoms with Crippen molar-refractivity contribution in [1.29, 1.82) is 0 Å². The van der Waals surface area contributed by atoms with Gasteiger partial charge in [-0.3, -0.25) is 9.36 Å². The third-order valence-corrected chi connectivity index (χ3v) is 6.87. The Kier molecular flexibility index (Phi) is 4.64. The molecule has 0 aliphatic carbocycles. The van der Waals surface area contributed by atoms with Crippen molar-refractivity contribution in [3.8, 4) is 0 Å². The summed E-state index contributed by atoms with van der Waals surface area (Å²) in [5, 5.41) is 1.63. The molecule has 6 nitrogen and oxygen atoms in total. The van der Waals surface area contributed by atoms with Crippen molar-refractivity contribution in [3.63, 3.8) is 0 Å². The van der Waals surface area contributed by atoms with E-state index in [4.69, 9.17) is 21.0 Å². The summed E-state index contributed by atoms with van der Waals surface area (Å²) < 4.78 is 7.79. The van der Waals surface area contributed by atoms with Crippen LogP contribution in [0.3, 0.4) is 0 Å². The van der Waals surface area contributed by atoms with Crippen molar-refractivity contribution in [1.82, 2.24) is 14.5 Å². The van der Waals surface area contributed by atoms with Gasteiger partial charge in [0.1, 0.15) is 6.54 Å². The van der Waals surface area contributed by atoms with Crippen molar-refractivity contribution in [3.05, 3.63) is 63.0 Å². The van der Waals surface area contributed by atoms with E-state index in [2.05, 4.69) is 6.07 Å². The van der Waals surface area contributed by atoms with Crippen LogP contribution < -0.4 is 5.76 Å². The van der Waals surface area contributed by atoms with Gasteiger partial charge in [-0.15, -0.1) is 11.3 Å². The molecule has 3 heterocycles. The normalized spacial score (nSPS) is 15.4. The number of carbonyl (C=O) groups is 1. The molecule has 4 aromatic rings. The van der Waals surface area contributed by atoms with E-state index in [0.29, 0.717) is 35.1 Å². The highest BCUT2D eigenvalue weighted by molar-refractivity contribution is 7.18. The Bertz CT molecular complexity index is 1230. The second kappa shape index (κ2) is 7.31. The zero-order chi connectivity index (χ0) is 20.0. The summed E-state index contributed by atoms with van der Waals surface area (Å²) in [4.78, 5) is 31.6. The highest BCUT2D eigenvalue weighted by atomic mass is 35.5. The summed E-state index contributed by atoms with van der Waals surface area (Å²) in [7, 11) is 0. The Labute approximate surface area is 175 Å². The second-order valence-corrected chi connectivity index (χ2v) is 8.74. The van der Waals surface area contributed by atoms with Crippen LogP contribution in [0, 0.1) is 0 Å². The number of nitrogens with zero attached hydrogens (tertiary/aromatic N) is 3. The maximum Gasteiger partial charge on any atom is 0.420 e. The largest absolute Gasteiger partial charge is 0.420 e. The van der Waals surface area contributed by atoms with E-state index < -0.39 is 5.76 Å². The molecule has 1 amide bonds. The van der Waals surface area contributed by atoms with Gasteiger partial charge in [-0.05, 0) is 37.1 Å². The van der Waals surface area contributed by atoms with Gasteiger partial charge in [0.2, 0.25) is 5.91 Å². The van der Waals surface area contributed by atoms with Gasteiger partial charge in [0.15, 0.2) is 5.58 Å². The minimum atomic E-state index is -0.542. The lowest BCUT2D eigenvalue weighted by Gasteiger charge is -2.31. The van der Waals surface area contributed by atoms with Crippen LogP contribution in [0.25, 0.3) is 21.3 Å². The molecule has 1 aliphatic heterocycles. The van der Waals surface area contributed by atoms with E-state index in [9.17, 15) is 9.59 Å². The maximum atomic E-state index is 12.8. The predicted octanol–water partition coefficient (Wildman–Crippen LogP) is 4.26. The Morgan fingerprint density at radius 2 is 2.00 bits per heavy atom. The molecular formula is C21H18ClN3O3S. The number of fused-ring (bicyclic) bond motifs is 2. The number of hydrogen-bond donors (Lipinski definition) is 0. The van der Waals surface area contributed by atoms with Crippen molar-refractivity contribution in [2.24, 2.45) is 0 Å². The molecule has 5 rings (SSSR count). The molecule has 29 heavy (non-hydrogen) atoms. The first-order chi connectivity index (χ1) is 14.1. The minimum absolute atomic E-state index is 0.0285. The topological polar surface area (TPSA) is 68.3 Å². The number of benzene rings is 2. The molecule has 1 saturated heterocycles. The Balaban J connectivity index is 1.28. The molecule has 0 N–H and O–H groups in total. The van der Waals surface area contributed by atoms with Crippen LogP contribution in [0.2, 0.25) is 5.02 Å². The molecule has 1 aliphatic rings. The number of oxazole rings is 1. The Morgan fingerprint density at radius 3 is 2.79 bits per heavy atom. The van der Waals surface area contributed by atoms with Crippen LogP contribution in [0.5, 0.6) is 0 Å². The van der Waals surface area contributed by atoms with Crippen molar-refractivity contribution in [2.45, 2.75) is 25.3 Å². The highest BCUT2D eigenvalue weighted by Gasteiger charge is 2.26. The lowest BCUT2D eigenvalue weighted by atomic mass is 9.97. The smallest absolute Gasteiger partial charge is 0.408 e. The molecule has 2 aromatic heterocycles. The fraction of sp³-hybridized carbons (Fsp3) is 0.286. The number of amides is 1. The fourth-order valence-electron chi connectivity index (χ4n) is 3.87. The lowest BCUT2D eigenvalue weighted by Crippen LogP contribution is -2.40. The molecule has 0 atom stereocenters. The van der Waals surface area contributed by atoms with Crippen LogP contribution in [0.15, 0.2) is 51.7 Å². The number of hydrogen-bond acceptors (Lipinski definition) is 5. The highest BCUT2D eigenvalue weighted by Crippen LogP contribution is 2.33. The van der Waals surface area contributed by atoms with Crippen molar-refractivity contribution in [2.75, 3.05) is 13.1 Å². The Hall–Kier alpha value is -2.64. The molecule has 148 valence electrons. The van der Waals surface area contributed by atoms with E-state index in [0.717, 1.165) is 23.4 Å². The van der Waals surface area contributed by atoms with E-state index in [1.807, 2.05) is 23.1 Å². The molecule has 0 bridgehead atoms. The summed E-state index contributed by atoms with van der Waals surface area (Å²) in [6.45, 7) is 1.30. The van der Waals surface area contributed by atoms with Crippen LogP contribution in [-0.4, -0.2) is 33.4 Å². The first-order valence-corrected chi connectivity index (χ1v) is 10.7. The zero-order valence-electron chi connectivity index (χ0n) is 15.5. The van der Waals surface area contributed by atoms with E-state index in [1.165, 1.54) is 9.27 Å². The molecule has 0 spiro atoms. The second-order valence-electron chi connectivity index (χ2n) is 7.24. The number of aromatic nitrogens is 2. The predicted molar refractivity (Wildman–Crippen MR) is 114 cm³/mol. The van der Waals surface area contributed by atoms with E-state index >= 15 is 0 Å². The molecule has 0 unspecified atom stereocenters. The van der Waals surface area contributed by atoms with Crippen LogP contribution in [0.4, 0.5) is 0 Å². The molecule has 2 aromatic carbocycles. The number of halogens is 1. The quantitative estimate of drug-likeness (QED) is 0.489. The molecule has 8 heteroatoms. The standard InChI is InChI=1S/C21H18ClN3O3S/c22-14-5-6-16-17(11-14)28-21(27)25(16)12-19(26)24-9-7-13(8-10-24)20-23-15-3-1-2-4-18(15)29-20/h1-6,11,13H,7-10,12H2. The molecule has 1 fully saturated rings. The summed E-state index contributed by atoms with van der Waals surface area (Å²) in [6.07, 6.45) is 1.75.